The van der Waals surface area contributed by atoms with Crippen molar-refractivity contribution in [2.45, 2.75) is 13.3 Å². The Bertz CT molecular complexity index is 956. The van der Waals surface area contributed by atoms with Crippen LogP contribution in [0.25, 0.3) is 10.6 Å². The number of halogens is 2. The van der Waals surface area contributed by atoms with Crippen molar-refractivity contribution in [1.82, 2.24) is 4.98 Å². The molecular weight excluding hydrogens is 391 g/mol. The van der Waals surface area contributed by atoms with Gasteiger partial charge in [0.15, 0.2) is 0 Å². The quantitative estimate of drug-likeness (QED) is 0.598. The van der Waals surface area contributed by atoms with Crippen molar-refractivity contribution in [1.29, 1.82) is 0 Å². The van der Waals surface area contributed by atoms with E-state index in [0.29, 0.717) is 27.2 Å². The Kier molecular flexibility index (Phi) is 5.81. The van der Waals surface area contributed by atoms with Crippen LogP contribution in [0, 0.1) is 6.92 Å². The van der Waals surface area contributed by atoms with Crippen LogP contribution < -0.4 is 10.1 Å². The molecule has 0 spiro atoms. The van der Waals surface area contributed by atoms with Crippen LogP contribution in [0.3, 0.4) is 0 Å². The molecule has 1 amide bonds. The Hall–Kier alpha value is -2.08. The number of ether oxygens (including phenoxy) is 1. The average molecular weight is 407 g/mol. The zero-order valence-electron chi connectivity index (χ0n) is 14.2. The summed E-state index contributed by atoms with van der Waals surface area (Å²) >= 11 is 13.8. The molecule has 0 unspecified atom stereocenters. The van der Waals surface area contributed by atoms with Gasteiger partial charge in [0.1, 0.15) is 10.8 Å². The van der Waals surface area contributed by atoms with Gasteiger partial charge in [0.25, 0.3) is 0 Å². The largest absolute Gasteiger partial charge is 0.495 e. The molecule has 1 heterocycles. The smallest absolute Gasteiger partial charge is 0.230 e. The highest BCUT2D eigenvalue weighted by Gasteiger charge is 2.14. The van der Waals surface area contributed by atoms with E-state index in [4.69, 9.17) is 27.9 Å². The second kappa shape index (κ2) is 8.08. The molecule has 26 heavy (non-hydrogen) atoms. The van der Waals surface area contributed by atoms with Gasteiger partial charge in [-0.05, 0) is 24.6 Å². The second-order valence-electron chi connectivity index (χ2n) is 5.65. The fraction of sp³-hybridized carbons (Fsp3) is 0.158. The molecule has 0 radical (unpaired) electrons. The van der Waals surface area contributed by atoms with E-state index in [-0.39, 0.29) is 12.3 Å². The van der Waals surface area contributed by atoms with Gasteiger partial charge in [0.05, 0.1) is 29.9 Å². The predicted molar refractivity (Wildman–Crippen MR) is 108 cm³/mol. The van der Waals surface area contributed by atoms with E-state index in [0.717, 1.165) is 16.1 Å². The summed E-state index contributed by atoms with van der Waals surface area (Å²) in [5, 5.41) is 6.73. The van der Waals surface area contributed by atoms with Crippen LogP contribution in [0.4, 0.5) is 5.69 Å². The number of rotatable bonds is 5. The van der Waals surface area contributed by atoms with E-state index in [2.05, 4.69) is 10.3 Å². The molecule has 0 saturated carbocycles. The molecule has 4 nitrogen and oxygen atoms in total. The van der Waals surface area contributed by atoms with Crippen molar-refractivity contribution in [3.63, 3.8) is 0 Å². The minimum absolute atomic E-state index is 0.159. The van der Waals surface area contributed by atoms with Crippen molar-refractivity contribution < 1.29 is 9.53 Å². The van der Waals surface area contributed by atoms with Crippen molar-refractivity contribution >= 4 is 46.1 Å². The first kappa shape index (κ1) is 18.7. The monoisotopic (exact) mass is 406 g/mol. The van der Waals surface area contributed by atoms with Gasteiger partial charge in [0.2, 0.25) is 5.91 Å². The number of anilines is 1. The highest BCUT2D eigenvalue weighted by Crippen LogP contribution is 2.32. The van der Waals surface area contributed by atoms with Crippen molar-refractivity contribution in [3.8, 4) is 16.3 Å². The molecule has 0 bridgehead atoms. The molecule has 0 atom stereocenters. The lowest BCUT2D eigenvalue weighted by Crippen LogP contribution is -2.15. The van der Waals surface area contributed by atoms with Crippen LogP contribution in [0.5, 0.6) is 5.75 Å². The topological polar surface area (TPSA) is 51.2 Å². The first-order valence-corrected chi connectivity index (χ1v) is 9.44. The van der Waals surface area contributed by atoms with Crippen molar-refractivity contribution in [2.75, 3.05) is 12.4 Å². The number of benzene rings is 2. The van der Waals surface area contributed by atoms with Crippen molar-refractivity contribution in [2.24, 2.45) is 0 Å². The van der Waals surface area contributed by atoms with Crippen LogP contribution in [0.2, 0.25) is 10.0 Å². The molecule has 134 valence electrons. The molecule has 0 aliphatic rings. The van der Waals surface area contributed by atoms with Crippen LogP contribution in [-0.4, -0.2) is 18.0 Å². The van der Waals surface area contributed by atoms with Crippen LogP contribution in [0.1, 0.15) is 11.3 Å². The van der Waals surface area contributed by atoms with E-state index < -0.39 is 0 Å². The summed E-state index contributed by atoms with van der Waals surface area (Å²) in [5.74, 6) is 0.338. The zero-order chi connectivity index (χ0) is 18.7. The zero-order valence-corrected chi connectivity index (χ0v) is 16.5. The lowest BCUT2D eigenvalue weighted by Gasteiger charge is -2.12. The van der Waals surface area contributed by atoms with Crippen LogP contribution in [0.15, 0.2) is 41.8 Å². The molecule has 0 fully saturated rings. The standard InChI is InChI=1S/C19H16Cl2N2O2S/c1-11-7-16(17(25-2)9-15(11)21)23-18(24)8-12-10-26-19(22-12)13-5-3-4-6-14(13)20/h3-7,9-10H,8H2,1-2H3,(H,23,24). The van der Waals surface area contributed by atoms with Gasteiger partial charge in [-0.1, -0.05) is 41.4 Å². The third-order valence-electron chi connectivity index (χ3n) is 3.75. The Morgan fingerprint density at radius 3 is 2.73 bits per heavy atom. The van der Waals surface area contributed by atoms with Gasteiger partial charge in [0, 0.05) is 22.0 Å². The molecule has 0 saturated heterocycles. The van der Waals surface area contributed by atoms with Crippen LogP contribution in [-0.2, 0) is 11.2 Å². The Morgan fingerprint density at radius 2 is 2.00 bits per heavy atom. The van der Waals surface area contributed by atoms with E-state index in [9.17, 15) is 4.79 Å². The number of hydrogen-bond acceptors (Lipinski definition) is 4. The highest BCUT2D eigenvalue weighted by molar-refractivity contribution is 7.13. The third kappa shape index (κ3) is 4.18. The maximum absolute atomic E-state index is 12.4. The Balaban J connectivity index is 1.74. The summed E-state index contributed by atoms with van der Waals surface area (Å²) in [6.45, 7) is 1.87. The minimum Gasteiger partial charge on any atom is -0.495 e. The fourth-order valence-corrected chi connectivity index (χ4v) is 3.73. The lowest BCUT2D eigenvalue weighted by atomic mass is 10.2. The molecule has 3 aromatic rings. The summed E-state index contributed by atoms with van der Waals surface area (Å²) < 4.78 is 5.28. The number of thiazole rings is 1. The number of nitrogens with zero attached hydrogens (tertiary/aromatic N) is 1. The van der Waals surface area contributed by atoms with Gasteiger partial charge in [-0.3, -0.25) is 4.79 Å². The molecule has 0 aliphatic carbocycles. The number of amides is 1. The van der Waals surface area contributed by atoms with Crippen molar-refractivity contribution in [3.05, 3.63) is 63.1 Å². The number of aromatic nitrogens is 1. The molecule has 3 rings (SSSR count). The highest BCUT2D eigenvalue weighted by atomic mass is 35.5. The molecule has 7 heteroatoms. The summed E-state index contributed by atoms with van der Waals surface area (Å²) in [5.41, 5.74) is 2.99. The van der Waals surface area contributed by atoms with E-state index >= 15 is 0 Å². The number of nitrogens with one attached hydrogen (secondary N) is 1. The summed E-state index contributed by atoms with van der Waals surface area (Å²) in [6, 6.07) is 11.0. The van der Waals surface area contributed by atoms with Gasteiger partial charge < -0.3 is 10.1 Å². The molecule has 0 aliphatic heterocycles. The van der Waals surface area contributed by atoms with Gasteiger partial charge >= 0.3 is 0 Å². The van der Waals surface area contributed by atoms with Gasteiger partial charge in [-0.15, -0.1) is 11.3 Å². The fourth-order valence-electron chi connectivity index (χ4n) is 2.44. The maximum Gasteiger partial charge on any atom is 0.230 e. The summed E-state index contributed by atoms with van der Waals surface area (Å²) in [6.07, 6.45) is 0.159. The molecule has 2 aromatic carbocycles. The summed E-state index contributed by atoms with van der Waals surface area (Å²) in [7, 11) is 1.53. The maximum atomic E-state index is 12.4. The van der Waals surface area contributed by atoms with E-state index in [1.165, 1.54) is 18.4 Å². The normalized spacial score (nSPS) is 10.6. The Labute approximate surface area is 165 Å². The number of hydrogen-bond donors (Lipinski definition) is 1. The third-order valence-corrected chi connectivity index (χ3v) is 5.41. The summed E-state index contributed by atoms with van der Waals surface area (Å²) in [4.78, 5) is 16.9. The molecule has 1 aromatic heterocycles. The number of carbonyl (C=O) groups excluding carboxylic acids is 1. The first-order chi connectivity index (χ1) is 12.5. The molecule has 1 N–H and O–H groups in total. The SMILES string of the molecule is COc1cc(Cl)c(C)cc1NC(=O)Cc1csc(-c2ccccc2Cl)n1. The minimum atomic E-state index is -0.180. The van der Waals surface area contributed by atoms with E-state index in [1.807, 2.05) is 36.6 Å². The first-order valence-electron chi connectivity index (χ1n) is 7.81. The van der Waals surface area contributed by atoms with E-state index in [1.54, 1.807) is 12.1 Å². The Morgan fingerprint density at radius 1 is 1.23 bits per heavy atom. The van der Waals surface area contributed by atoms with Gasteiger partial charge in [-0.25, -0.2) is 4.98 Å². The number of aryl methyl sites for hydroxylation is 1. The average Bonchev–Trinajstić information content (AvgIpc) is 3.06. The molecular formula is C19H16Cl2N2O2S. The lowest BCUT2D eigenvalue weighted by molar-refractivity contribution is -0.115. The predicted octanol–water partition coefficient (Wildman–Crippen LogP) is 5.62. The number of methoxy groups -OCH3 is 1. The van der Waals surface area contributed by atoms with Gasteiger partial charge in [-0.2, -0.15) is 0 Å². The number of carbonyl (C=O) groups is 1. The second-order valence-corrected chi connectivity index (χ2v) is 7.32. The van der Waals surface area contributed by atoms with Crippen LogP contribution >= 0.6 is 34.5 Å².